The number of Topliss-reactive ketones (excluding diaryl/α,β-unsaturated/α-hetero) is 1. The Morgan fingerprint density at radius 3 is 2.09 bits per heavy atom. The van der Waals surface area contributed by atoms with Crippen molar-refractivity contribution in [3.05, 3.63) is 47.5 Å². The molecule has 1 heterocycles. The first-order valence-corrected chi connectivity index (χ1v) is 11.1. The highest BCUT2D eigenvalue weighted by atomic mass is 32.2. The first kappa shape index (κ1) is 24.3. The second-order valence-electron chi connectivity index (χ2n) is 7.10. The zero-order valence-corrected chi connectivity index (χ0v) is 20.4. The summed E-state index contributed by atoms with van der Waals surface area (Å²) in [5, 5.41) is 3.97. The van der Waals surface area contributed by atoms with Crippen LogP contribution in [0.3, 0.4) is 0 Å². The molecule has 176 valence electrons. The number of carbonyl (C=O) groups is 1. The second kappa shape index (κ2) is 11.0. The average Bonchev–Trinajstić information content (AvgIpc) is 2.85. The normalized spacial score (nSPS) is 15.0. The number of aliphatic imine (C=N–C) groups is 1. The fraction of sp³-hybridized carbons (Fsp3) is 0.333. The molecule has 0 saturated heterocycles. The number of nitrogens with zero attached hydrogens (tertiary/aromatic N) is 1. The van der Waals surface area contributed by atoms with E-state index >= 15 is 0 Å². The molecule has 1 atom stereocenters. The molecule has 0 radical (unpaired) electrons. The van der Waals surface area contributed by atoms with Crippen LogP contribution >= 0.6 is 11.8 Å². The minimum absolute atomic E-state index is 0.0658. The zero-order chi connectivity index (χ0) is 24.0. The smallest absolute Gasteiger partial charge is 0.203 e. The monoisotopic (exact) mass is 472 g/mol. The molecular formula is C24H28N2O6S. The summed E-state index contributed by atoms with van der Waals surface area (Å²) >= 11 is 1.35. The molecule has 0 spiro atoms. The summed E-state index contributed by atoms with van der Waals surface area (Å²) in [6.07, 6.45) is 2.00. The molecule has 33 heavy (non-hydrogen) atoms. The van der Waals surface area contributed by atoms with E-state index in [0.717, 1.165) is 16.8 Å². The van der Waals surface area contributed by atoms with E-state index < -0.39 is 0 Å². The van der Waals surface area contributed by atoms with Gasteiger partial charge in [-0.1, -0.05) is 11.8 Å². The lowest BCUT2D eigenvalue weighted by molar-refractivity contribution is -0.114. The Balaban J connectivity index is 2.08. The lowest BCUT2D eigenvalue weighted by Gasteiger charge is -2.24. The highest BCUT2D eigenvalue weighted by molar-refractivity contribution is 8.14. The van der Waals surface area contributed by atoms with Crippen LogP contribution in [0.2, 0.25) is 0 Å². The number of nitrogens with one attached hydrogen (secondary N) is 1. The molecule has 1 unspecified atom stereocenters. The van der Waals surface area contributed by atoms with Crippen LogP contribution < -0.4 is 29.0 Å². The molecule has 1 aliphatic heterocycles. The van der Waals surface area contributed by atoms with Crippen molar-refractivity contribution in [1.82, 2.24) is 5.32 Å². The fourth-order valence-corrected chi connectivity index (χ4v) is 4.08. The van der Waals surface area contributed by atoms with Gasteiger partial charge in [0, 0.05) is 11.3 Å². The SMILES string of the molecule is COc1ccc(C2=CC(c3cc(OC)c(OC)c(OC)c3)N=C(SCC(C)=O)N2)cc1OC. The minimum atomic E-state index is -0.350. The molecule has 1 N–H and O–H groups in total. The molecule has 8 nitrogen and oxygen atoms in total. The number of ketones is 1. The van der Waals surface area contributed by atoms with Crippen molar-refractivity contribution >= 4 is 28.4 Å². The van der Waals surface area contributed by atoms with Crippen LogP contribution in [-0.4, -0.2) is 52.3 Å². The van der Waals surface area contributed by atoms with Crippen molar-refractivity contribution in [2.24, 2.45) is 4.99 Å². The Hall–Kier alpha value is -3.33. The Morgan fingerprint density at radius 1 is 0.909 bits per heavy atom. The Kier molecular flexibility index (Phi) is 8.11. The highest BCUT2D eigenvalue weighted by Crippen LogP contribution is 2.42. The number of carbonyl (C=O) groups excluding carboxylic acids is 1. The lowest BCUT2D eigenvalue weighted by atomic mass is 10.0. The van der Waals surface area contributed by atoms with Crippen LogP contribution in [0.15, 0.2) is 41.4 Å². The van der Waals surface area contributed by atoms with Crippen LogP contribution in [0.5, 0.6) is 28.7 Å². The van der Waals surface area contributed by atoms with E-state index in [9.17, 15) is 4.79 Å². The summed E-state index contributed by atoms with van der Waals surface area (Å²) in [7, 11) is 7.91. The Labute approximate surface area is 197 Å². The van der Waals surface area contributed by atoms with Crippen LogP contribution in [0, 0.1) is 0 Å². The predicted octanol–water partition coefficient (Wildman–Crippen LogP) is 4.09. The van der Waals surface area contributed by atoms with E-state index in [1.807, 2.05) is 36.4 Å². The van der Waals surface area contributed by atoms with Gasteiger partial charge in [0.05, 0.1) is 47.3 Å². The summed E-state index contributed by atoms with van der Waals surface area (Å²) in [5.41, 5.74) is 2.57. The van der Waals surface area contributed by atoms with Gasteiger partial charge < -0.3 is 29.0 Å². The van der Waals surface area contributed by atoms with Crippen LogP contribution in [0.4, 0.5) is 0 Å². The van der Waals surface area contributed by atoms with E-state index in [-0.39, 0.29) is 11.8 Å². The van der Waals surface area contributed by atoms with Gasteiger partial charge in [0.1, 0.15) is 5.78 Å². The number of benzene rings is 2. The summed E-state index contributed by atoms with van der Waals surface area (Å²) in [5.74, 6) is 3.22. The summed E-state index contributed by atoms with van der Waals surface area (Å²) < 4.78 is 27.3. The molecule has 0 saturated carbocycles. The van der Waals surface area contributed by atoms with Gasteiger partial charge in [0.25, 0.3) is 0 Å². The molecule has 2 aromatic rings. The van der Waals surface area contributed by atoms with Crippen LogP contribution in [-0.2, 0) is 4.79 Å². The molecule has 0 bridgehead atoms. The van der Waals surface area contributed by atoms with E-state index in [4.69, 9.17) is 28.7 Å². The van der Waals surface area contributed by atoms with Gasteiger partial charge in [-0.3, -0.25) is 4.79 Å². The van der Waals surface area contributed by atoms with Crippen molar-refractivity contribution in [1.29, 1.82) is 0 Å². The first-order chi connectivity index (χ1) is 15.9. The van der Waals surface area contributed by atoms with Crippen molar-refractivity contribution in [2.75, 3.05) is 41.3 Å². The first-order valence-electron chi connectivity index (χ1n) is 10.1. The maximum atomic E-state index is 11.6. The zero-order valence-electron chi connectivity index (χ0n) is 19.6. The molecule has 2 aromatic carbocycles. The number of ether oxygens (including phenoxy) is 5. The van der Waals surface area contributed by atoms with Gasteiger partial charge in [-0.2, -0.15) is 0 Å². The number of hydrogen-bond acceptors (Lipinski definition) is 9. The number of rotatable bonds is 9. The number of methoxy groups -OCH3 is 5. The van der Waals surface area contributed by atoms with E-state index in [1.165, 1.54) is 11.8 Å². The van der Waals surface area contributed by atoms with Crippen molar-refractivity contribution in [2.45, 2.75) is 13.0 Å². The number of thioether (sulfide) groups is 1. The van der Waals surface area contributed by atoms with Crippen molar-refractivity contribution < 1.29 is 28.5 Å². The summed E-state index contributed by atoms with van der Waals surface area (Å²) in [6, 6.07) is 9.07. The molecule has 9 heteroatoms. The van der Waals surface area contributed by atoms with Crippen LogP contribution in [0.1, 0.15) is 24.1 Å². The van der Waals surface area contributed by atoms with Gasteiger partial charge in [-0.05, 0) is 48.9 Å². The summed E-state index contributed by atoms with van der Waals surface area (Å²) in [6.45, 7) is 1.55. The Morgan fingerprint density at radius 2 is 1.55 bits per heavy atom. The summed E-state index contributed by atoms with van der Waals surface area (Å²) in [4.78, 5) is 16.4. The third kappa shape index (κ3) is 5.54. The average molecular weight is 473 g/mol. The largest absolute Gasteiger partial charge is 0.493 e. The maximum Gasteiger partial charge on any atom is 0.203 e. The fourth-order valence-electron chi connectivity index (χ4n) is 3.37. The van der Waals surface area contributed by atoms with Gasteiger partial charge in [-0.25, -0.2) is 4.99 Å². The van der Waals surface area contributed by atoms with Crippen LogP contribution in [0.25, 0.3) is 5.70 Å². The van der Waals surface area contributed by atoms with Gasteiger partial charge >= 0.3 is 0 Å². The molecule has 0 amide bonds. The van der Waals surface area contributed by atoms with Gasteiger partial charge in [-0.15, -0.1) is 0 Å². The molecular weight excluding hydrogens is 444 g/mol. The Bertz CT molecular complexity index is 1060. The molecule has 3 rings (SSSR count). The highest BCUT2D eigenvalue weighted by Gasteiger charge is 2.23. The van der Waals surface area contributed by atoms with Crippen molar-refractivity contribution in [3.8, 4) is 28.7 Å². The lowest BCUT2D eigenvalue weighted by Crippen LogP contribution is -2.25. The predicted molar refractivity (Wildman–Crippen MR) is 130 cm³/mol. The number of hydrogen-bond donors (Lipinski definition) is 1. The van der Waals surface area contributed by atoms with E-state index in [2.05, 4.69) is 5.32 Å². The number of amidine groups is 1. The van der Waals surface area contributed by atoms with Gasteiger partial charge in [0.15, 0.2) is 28.2 Å². The molecule has 0 aromatic heterocycles. The van der Waals surface area contributed by atoms with E-state index in [0.29, 0.717) is 39.7 Å². The quantitative estimate of drug-likeness (QED) is 0.584. The second-order valence-corrected chi connectivity index (χ2v) is 8.07. The third-order valence-corrected chi connectivity index (χ3v) is 5.99. The van der Waals surface area contributed by atoms with Crippen molar-refractivity contribution in [3.63, 3.8) is 0 Å². The topological polar surface area (TPSA) is 87.6 Å². The maximum absolute atomic E-state index is 11.6. The molecule has 0 fully saturated rings. The van der Waals surface area contributed by atoms with Gasteiger partial charge in [0.2, 0.25) is 5.75 Å². The molecule has 1 aliphatic rings. The molecule has 0 aliphatic carbocycles. The third-order valence-electron chi connectivity index (χ3n) is 4.96. The van der Waals surface area contributed by atoms with E-state index in [1.54, 1.807) is 42.5 Å². The minimum Gasteiger partial charge on any atom is -0.493 e. The standard InChI is InChI=1S/C24H28N2O6S/c1-14(27)13-33-24-25-17(15-7-8-19(28-2)20(9-15)29-3)12-18(26-24)16-10-21(30-4)23(32-6)22(11-16)31-5/h7-12,18H,13H2,1-6H3,(H,25,26).